The Morgan fingerprint density at radius 3 is 1.12 bits per heavy atom. The van der Waals surface area contributed by atoms with E-state index in [1.54, 1.807) is 62.3 Å². The van der Waals surface area contributed by atoms with E-state index in [-0.39, 0.29) is 6.42 Å². The Morgan fingerprint density at radius 1 is 0.571 bits per heavy atom. The number of hydrogen-bond donors (Lipinski definition) is 1. The molecule has 13 heteroatoms. The lowest BCUT2D eigenvalue weighted by atomic mass is 9.92. The minimum Gasteiger partial charge on any atom is -0.450 e. The van der Waals surface area contributed by atoms with Crippen molar-refractivity contribution >= 4 is 35.6 Å². The summed E-state index contributed by atoms with van der Waals surface area (Å²) in [4.78, 5) is 87.7. The van der Waals surface area contributed by atoms with E-state index in [1.807, 2.05) is 13.8 Å². The third kappa shape index (κ3) is 10.2. The number of hydrogen-bond acceptors (Lipinski definition) is 10. The van der Waals surface area contributed by atoms with E-state index >= 15 is 0 Å². The fourth-order valence-corrected chi connectivity index (χ4v) is 6.08. The Labute approximate surface area is 293 Å². The van der Waals surface area contributed by atoms with Crippen LogP contribution < -0.4 is 0 Å². The Kier molecular flexibility index (Phi) is 16.2. The van der Waals surface area contributed by atoms with E-state index in [9.17, 15) is 33.9 Å². The van der Waals surface area contributed by atoms with Gasteiger partial charge in [0, 0.05) is 33.0 Å². The Hall–Kier alpha value is -3.22. The SMILES string of the molecule is CC[C@H](C)[C@H]1OC(=O)[C@H](C(C)C)N(C)C(=O)C([C@](C)(O)CC)OC(=O)[C@H](C(C)C)N(C)C(=O)[C@@H]([C@@H](C)CC)OC(=O)[C@H](C(C)C)N(C)C1=O. The lowest BCUT2D eigenvalue weighted by Gasteiger charge is -2.40. The van der Waals surface area contributed by atoms with E-state index in [4.69, 9.17) is 14.2 Å². The number of esters is 3. The van der Waals surface area contributed by atoms with Crippen molar-refractivity contribution < 1.29 is 48.1 Å². The third-order valence-electron chi connectivity index (χ3n) is 9.95. The molecule has 0 aromatic rings. The van der Waals surface area contributed by atoms with Gasteiger partial charge in [0.2, 0.25) is 6.10 Å². The average molecular weight is 698 g/mol. The molecule has 9 atom stereocenters. The van der Waals surface area contributed by atoms with Gasteiger partial charge in [0.15, 0.2) is 12.2 Å². The molecule has 3 amide bonds. The van der Waals surface area contributed by atoms with Gasteiger partial charge in [0.25, 0.3) is 17.7 Å². The summed E-state index contributed by atoms with van der Waals surface area (Å²) in [5.74, 6) is -7.26. The molecule has 1 saturated heterocycles. The Morgan fingerprint density at radius 2 is 0.857 bits per heavy atom. The van der Waals surface area contributed by atoms with Crippen molar-refractivity contribution in [3.05, 3.63) is 0 Å². The molecule has 1 heterocycles. The summed E-state index contributed by atoms with van der Waals surface area (Å²) >= 11 is 0. The van der Waals surface area contributed by atoms with Gasteiger partial charge in [-0.3, -0.25) is 14.4 Å². The average Bonchev–Trinajstić information content (AvgIpc) is 3.02. The van der Waals surface area contributed by atoms with Crippen LogP contribution in [0.25, 0.3) is 0 Å². The summed E-state index contributed by atoms with van der Waals surface area (Å²) in [5, 5.41) is 11.4. The predicted octanol–water partition coefficient (Wildman–Crippen LogP) is 3.44. The molecule has 282 valence electrons. The number of ether oxygens (including phenoxy) is 3. The molecular formula is C36H63N3O10. The van der Waals surface area contributed by atoms with Crippen LogP contribution in [0.3, 0.4) is 0 Å². The number of amides is 3. The molecule has 1 rings (SSSR count). The molecule has 13 nitrogen and oxygen atoms in total. The van der Waals surface area contributed by atoms with Gasteiger partial charge in [-0.05, 0) is 43.9 Å². The number of carbonyl (C=O) groups excluding carboxylic acids is 6. The zero-order valence-corrected chi connectivity index (χ0v) is 32.4. The summed E-state index contributed by atoms with van der Waals surface area (Å²) in [6.07, 6.45) is -3.51. The first-order chi connectivity index (χ1) is 22.5. The second-order valence-electron chi connectivity index (χ2n) is 14.9. The maximum absolute atomic E-state index is 14.2. The molecule has 0 aromatic carbocycles. The van der Waals surface area contributed by atoms with E-state index in [0.29, 0.717) is 12.8 Å². The van der Waals surface area contributed by atoms with Gasteiger partial charge in [-0.25, -0.2) is 14.4 Å². The minimum absolute atomic E-state index is 0.00240. The van der Waals surface area contributed by atoms with Gasteiger partial charge in [-0.2, -0.15) is 0 Å². The van der Waals surface area contributed by atoms with Crippen LogP contribution >= 0.6 is 0 Å². The molecule has 0 aliphatic carbocycles. The molecule has 1 fully saturated rings. The number of rotatable bonds is 9. The fourth-order valence-electron chi connectivity index (χ4n) is 6.08. The molecule has 1 unspecified atom stereocenters. The highest BCUT2D eigenvalue weighted by molar-refractivity contribution is 5.94. The zero-order valence-electron chi connectivity index (χ0n) is 32.4. The highest BCUT2D eigenvalue weighted by Gasteiger charge is 2.48. The predicted molar refractivity (Wildman–Crippen MR) is 184 cm³/mol. The van der Waals surface area contributed by atoms with Crippen molar-refractivity contribution in [2.75, 3.05) is 21.1 Å². The van der Waals surface area contributed by atoms with E-state index in [0.717, 1.165) is 9.80 Å². The van der Waals surface area contributed by atoms with E-state index < -0.39 is 107 Å². The smallest absolute Gasteiger partial charge is 0.330 e. The molecule has 49 heavy (non-hydrogen) atoms. The van der Waals surface area contributed by atoms with Crippen LogP contribution in [0.1, 0.15) is 102 Å². The van der Waals surface area contributed by atoms with Crippen LogP contribution in [0.15, 0.2) is 0 Å². The molecule has 0 bridgehead atoms. The Balaban J connectivity index is 4.10. The van der Waals surface area contributed by atoms with Crippen LogP contribution in [0.2, 0.25) is 0 Å². The zero-order chi connectivity index (χ0) is 38.3. The molecule has 1 N–H and O–H groups in total. The molecule has 0 saturated carbocycles. The number of likely N-dealkylation sites (N-methyl/N-ethyl adjacent to an activating group) is 3. The molecule has 0 aromatic heterocycles. The summed E-state index contributed by atoms with van der Waals surface area (Å²) in [7, 11) is 4.18. The van der Waals surface area contributed by atoms with Crippen molar-refractivity contribution in [1.82, 2.24) is 14.7 Å². The second kappa shape index (κ2) is 18.1. The standard InChI is InChI=1S/C36H63N3O10/c1-16-22(10)27-30(40)37(13)24(19(4)5)33(43)47-28(23(11)17-2)31(41)38(14)26(21(8)9)35(45)49-29(36(12,46)18-3)32(42)39(15)25(20(6)7)34(44)48-27/h19-29,46H,16-18H2,1-15H3/t22-,23-,24-,25-,26-,27+,28+,29?,36+/m0/s1. The maximum Gasteiger partial charge on any atom is 0.330 e. The van der Waals surface area contributed by atoms with Crippen LogP contribution in [-0.4, -0.2) is 119 Å². The third-order valence-corrected chi connectivity index (χ3v) is 9.95. The number of cyclic esters (lactones) is 3. The maximum atomic E-state index is 14.2. The summed E-state index contributed by atoms with van der Waals surface area (Å²) < 4.78 is 17.6. The first-order valence-electron chi connectivity index (χ1n) is 17.7. The van der Waals surface area contributed by atoms with Gasteiger partial charge in [-0.15, -0.1) is 0 Å². The van der Waals surface area contributed by atoms with Crippen LogP contribution in [-0.2, 0) is 43.0 Å². The number of carbonyl (C=O) groups is 6. The van der Waals surface area contributed by atoms with Gasteiger partial charge >= 0.3 is 17.9 Å². The van der Waals surface area contributed by atoms with Gasteiger partial charge in [0.1, 0.15) is 23.7 Å². The Bertz CT molecular complexity index is 1170. The van der Waals surface area contributed by atoms with Crippen molar-refractivity contribution in [2.45, 2.75) is 144 Å². The molecule has 1 aliphatic rings. The normalized spacial score (nSPS) is 28.6. The van der Waals surface area contributed by atoms with Crippen molar-refractivity contribution in [2.24, 2.45) is 29.6 Å². The minimum atomic E-state index is -1.87. The highest BCUT2D eigenvalue weighted by Crippen LogP contribution is 2.28. The molecule has 1 aliphatic heterocycles. The van der Waals surface area contributed by atoms with Crippen molar-refractivity contribution in [1.29, 1.82) is 0 Å². The first-order valence-corrected chi connectivity index (χ1v) is 17.7. The van der Waals surface area contributed by atoms with Crippen LogP contribution in [0, 0.1) is 29.6 Å². The second-order valence-corrected chi connectivity index (χ2v) is 14.9. The van der Waals surface area contributed by atoms with Crippen molar-refractivity contribution in [3.63, 3.8) is 0 Å². The number of aliphatic hydroxyl groups is 1. The molecule has 0 radical (unpaired) electrons. The van der Waals surface area contributed by atoms with E-state index in [2.05, 4.69) is 0 Å². The number of nitrogens with zero attached hydrogens (tertiary/aromatic N) is 3. The van der Waals surface area contributed by atoms with E-state index in [1.165, 1.54) is 33.0 Å². The highest BCUT2D eigenvalue weighted by atomic mass is 16.6. The summed E-state index contributed by atoms with van der Waals surface area (Å²) in [6.45, 7) is 20.4. The molecular weight excluding hydrogens is 634 g/mol. The monoisotopic (exact) mass is 697 g/mol. The van der Waals surface area contributed by atoms with Crippen LogP contribution in [0.5, 0.6) is 0 Å². The fraction of sp³-hybridized carbons (Fsp3) is 0.833. The first kappa shape index (κ1) is 43.8. The topological polar surface area (TPSA) is 160 Å². The quantitative estimate of drug-likeness (QED) is 0.279. The summed E-state index contributed by atoms with van der Waals surface area (Å²) in [5.41, 5.74) is -1.87. The van der Waals surface area contributed by atoms with Gasteiger partial charge in [-0.1, -0.05) is 76.2 Å². The van der Waals surface area contributed by atoms with Crippen molar-refractivity contribution in [3.8, 4) is 0 Å². The lowest BCUT2D eigenvalue weighted by Crippen LogP contribution is -2.60. The largest absolute Gasteiger partial charge is 0.450 e. The van der Waals surface area contributed by atoms with Gasteiger partial charge < -0.3 is 34.0 Å². The van der Waals surface area contributed by atoms with Gasteiger partial charge in [0.05, 0.1) is 0 Å². The molecule has 0 spiro atoms. The summed E-state index contributed by atoms with van der Waals surface area (Å²) in [6, 6.07) is -3.62. The lowest BCUT2D eigenvalue weighted by molar-refractivity contribution is -0.189. The van der Waals surface area contributed by atoms with Crippen LogP contribution in [0.4, 0.5) is 0 Å².